The number of ether oxygens (including phenoxy) is 2. The normalized spacial score (nSPS) is 24.9. The zero-order valence-electron chi connectivity index (χ0n) is 12.1. The van der Waals surface area contributed by atoms with Gasteiger partial charge >= 0.3 is 0 Å². The highest BCUT2D eigenvalue weighted by atomic mass is 16.5. The lowest BCUT2D eigenvalue weighted by molar-refractivity contribution is -0.118. The number of fused-ring (bicyclic) bond motifs is 1. The zero-order chi connectivity index (χ0) is 15.0. The number of benzene rings is 1. The van der Waals surface area contributed by atoms with Gasteiger partial charge in [0, 0.05) is 12.1 Å². The van der Waals surface area contributed by atoms with Crippen molar-refractivity contribution in [3.05, 3.63) is 23.8 Å². The molecule has 0 bridgehead atoms. The topological polar surface area (TPSA) is 67.9 Å². The smallest absolute Gasteiger partial charge is 0.262 e. The van der Waals surface area contributed by atoms with Crippen LogP contribution in [0.25, 0.3) is 0 Å². The van der Waals surface area contributed by atoms with Crippen molar-refractivity contribution < 1.29 is 19.1 Å². The highest BCUT2D eigenvalue weighted by molar-refractivity contribution is 5.99. The number of amides is 2. The van der Waals surface area contributed by atoms with Crippen molar-refractivity contribution in [2.45, 2.75) is 26.0 Å². The van der Waals surface area contributed by atoms with Gasteiger partial charge in [0.15, 0.2) is 6.61 Å². The van der Waals surface area contributed by atoms with E-state index in [2.05, 4.69) is 5.32 Å². The minimum absolute atomic E-state index is 0.0182. The number of rotatable bonds is 1. The van der Waals surface area contributed by atoms with Crippen molar-refractivity contribution in [2.24, 2.45) is 0 Å². The molecule has 0 spiro atoms. The maximum absolute atomic E-state index is 12.6. The molecule has 6 nitrogen and oxygen atoms in total. The highest BCUT2D eigenvalue weighted by Gasteiger charge is 2.29. The summed E-state index contributed by atoms with van der Waals surface area (Å²) in [6.07, 6.45) is 0.0401. The van der Waals surface area contributed by atoms with Crippen LogP contribution in [0.2, 0.25) is 0 Å². The molecule has 2 heterocycles. The van der Waals surface area contributed by atoms with E-state index in [1.54, 1.807) is 18.2 Å². The first kappa shape index (κ1) is 13.9. The number of anilines is 1. The highest BCUT2D eigenvalue weighted by Crippen LogP contribution is 2.29. The molecule has 1 saturated heterocycles. The van der Waals surface area contributed by atoms with Gasteiger partial charge in [-0.25, -0.2) is 0 Å². The fraction of sp³-hybridized carbons (Fsp3) is 0.467. The zero-order valence-corrected chi connectivity index (χ0v) is 12.1. The van der Waals surface area contributed by atoms with Crippen molar-refractivity contribution >= 4 is 17.5 Å². The van der Waals surface area contributed by atoms with Gasteiger partial charge in [-0.15, -0.1) is 0 Å². The van der Waals surface area contributed by atoms with Gasteiger partial charge in [0.2, 0.25) is 0 Å². The van der Waals surface area contributed by atoms with Gasteiger partial charge in [0.05, 0.1) is 24.4 Å². The summed E-state index contributed by atoms with van der Waals surface area (Å²) in [4.78, 5) is 25.7. The SMILES string of the molecule is C[C@@H]1CO[C@@H](C)CN1C(=O)c1ccc2c(c1)OCC(=O)N2. The van der Waals surface area contributed by atoms with E-state index in [0.29, 0.717) is 30.2 Å². The first-order valence-corrected chi connectivity index (χ1v) is 7.04. The molecule has 0 saturated carbocycles. The Bertz CT molecular complexity index is 587. The number of morpholine rings is 1. The van der Waals surface area contributed by atoms with E-state index in [-0.39, 0.29) is 30.6 Å². The molecule has 2 aliphatic rings. The van der Waals surface area contributed by atoms with Crippen molar-refractivity contribution in [2.75, 3.05) is 25.1 Å². The number of nitrogens with one attached hydrogen (secondary N) is 1. The summed E-state index contributed by atoms with van der Waals surface area (Å²) >= 11 is 0. The Morgan fingerprint density at radius 2 is 2.19 bits per heavy atom. The number of carbonyl (C=O) groups excluding carboxylic acids is 2. The van der Waals surface area contributed by atoms with Crippen LogP contribution in [0.1, 0.15) is 24.2 Å². The standard InChI is InChI=1S/C15H18N2O4/c1-9-7-20-10(2)6-17(9)15(19)11-3-4-12-13(5-11)21-8-14(18)16-12/h3-5,9-10H,6-8H2,1-2H3,(H,16,18)/t9-,10+/m1/s1. The van der Waals surface area contributed by atoms with Crippen LogP contribution in [0.3, 0.4) is 0 Å². The van der Waals surface area contributed by atoms with Crippen LogP contribution in [0, 0.1) is 0 Å². The monoisotopic (exact) mass is 290 g/mol. The number of nitrogens with zero attached hydrogens (tertiary/aromatic N) is 1. The predicted molar refractivity (Wildman–Crippen MR) is 76.5 cm³/mol. The maximum Gasteiger partial charge on any atom is 0.262 e. The van der Waals surface area contributed by atoms with E-state index >= 15 is 0 Å². The molecule has 1 aromatic rings. The largest absolute Gasteiger partial charge is 0.482 e. The molecule has 1 fully saturated rings. The van der Waals surface area contributed by atoms with E-state index < -0.39 is 0 Å². The molecule has 112 valence electrons. The van der Waals surface area contributed by atoms with E-state index in [4.69, 9.17) is 9.47 Å². The van der Waals surface area contributed by atoms with Gasteiger partial charge < -0.3 is 19.7 Å². The van der Waals surface area contributed by atoms with Crippen LogP contribution in [0.15, 0.2) is 18.2 Å². The average Bonchev–Trinajstić information content (AvgIpc) is 2.48. The molecule has 1 aromatic carbocycles. The van der Waals surface area contributed by atoms with Gasteiger partial charge in [0.1, 0.15) is 5.75 Å². The van der Waals surface area contributed by atoms with Gasteiger partial charge in [-0.2, -0.15) is 0 Å². The summed E-state index contributed by atoms with van der Waals surface area (Å²) < 4.78 is 10.9. The molecule has 0 radical (unpaired) electrons. The summed E-state index contributed by atoms with van der Waals surface area (Å²) in [6.45, 7) is 5.03. The fourth-order valence-corrected chi connectivity index (χ4v) is 2.56. The lowest BCUT2D eigenvalue weighted by atomic mass is 10.1. The minimum atomic E-state index is -0.183. The van der Waals surface area contributed by atoms with Crippen LogP contribution in [0.5, 0.6) is 5.75 Å². The second kappa shape index (κ2) is 5.37. The second-order valence-electron chi connectivity index (χ2n) is 5.50. The van der Waals surface area contributed by atoms with E-state index in [9.17, 15) is 9.59 Å². The van der Waals surface area contributed by atoms with Crippen LogP contribution >= 0.6 is 0 Å². The molecule has 6 heteroatoms. The molecule has 3 rings (SSSR count). The number of hydrogen-bond acceptors (Lipinski definition) is 4. The molecule has 0 aromatic heterocycles. The Kier molecular flexibility index (Phi) is 3.55. The van der Waals surface area contributed by atoms with Crippen LogP contribution < -0.4 is 10.1 Å². The van der Waals surface area contributed by atoms with Crippen molar-refractivity contribution in [3.63, 3.8) is 0 Å². The quantitative estimate of drug-likeness (QED) is 0.845. The Morgan fingerprint density at radius 3 is 3.00 bits per heavy atom. The Labute approximate surface area is 123 Å². The van der Waals surface area contributed by atoms with Crippen molar-refractivity contribution in [3.8, 4) is 5.75 Å². The van der Waals surface area contributed by atoms with Gasteiger partial charge in [-0.05, 0) is 32.0 Å². The fourth-order valence-electron chi connectivity index (χ4n) is 2.56. The molecular weight excluding hydrogens is 272 g/mol. The summed E-state index contributed by atoms with van der Waals surface area (Å²) in [5.41, 5.74) is 1.16. The molecule has 2 aliphatic heterocycles. The summed E-state index contributed by atoms with van der Waals surface area (Å²) in [5, 5.41) is 2.71. The molecule has 0 aliphatic carbocycles. The predicted octanol–water partition coefficient (Wildman–Crippen LogP) is 1.27. The van der Waals surface area contributed by atoms with Gasteiger partial charge in [-0.3, -0.25) is 9.59 Å². The Morgan fingerprint density at radius 1 is 1.38 bits per heavy atom. The van der Waals surface area contributed by atoms with E-state index in [0.717, 1.165) is 0 Å². The van der Waals surface area contributed by atoms with Crippen molar-refractivity contribution in [1.82, 2.24) is 4.90 Å². The second-order valence-corrected chi connectivity index (χ2v) is 5.50. The lowest BCUT2D eigenvalue weighted by Crippen LogP contribution is -2.50. The third-order valence-electron chi connectivity index (χ3n) is 3.73. The Hall–Kier alpha value is -2.08. The number of carbonyl (C=O) groups is 2. The van der Waals surface area contributed by atoms with Gasteiger partial charge in [0.25, 0.3) is 11.8 Å². The maximum atomic E-state index is 12.6. The van der Waals surface area contributed by atoms with Crippen LogP contribution in [0.4, 0.5) is 5.69 Å². The Balaban J connectivity index is 1.83. The van der Waals surface area contributed by atoms with Crippen LogP contribution in [-0.2, 0) is 9.53 Å². The summed E-state index contributed by atoms with van der Waals surface area (Å²) in [7, 11) is 0. The lowest BCUT2D eigenvalue weighted by Gasteiger charge is -2.37. The van der Waals surface area contributed by atoms with Crippen molar-refractivity contribution in [1.29, 1.82) is 0 Å². The minimum Gasteiger partial charge on any atom is -0.482 e. The number of hydrogen-bond donors (Lipinski definition) is 1. The average molecular weight is 290 g/mol. The molecular formula is C15H18N2O4. The first-order valence-electron chi connectivity index (χ1n) is 7.04. The third kappa shape index (κ3) is 2.71. The van der Waals surface area contributed by atoms with E-state index in [1.807, 2.05) is 18.7 Å². The molecule has 1 N–H and O–H groups in total. The molecule has 2 atom stereocenters. The first-order chi connectivity index (χ1) is 10.0. The van der Waals surface area contributed by atoms with Gasteiger partial charge in [-0.1, -0.05) is 0 Å². The molecule has 21 heavy (non-hydrogen) atoms. The molecule has 0 unspecified atom stereocenters. The summed E-state index contributed by atoms with van der Waals surface area (Å²) in [5.74, 6) is 0.313. The third-order valence-corrected chi connectivity index (χ3v) is 3.73. The molecule has 2 amide bonds. The van der Waals surface area contributed by atoms with E-state index in [1.165, 1.54) is 0 Å². The summed E-state index contributed by atoms with van der Waals surface area (Å²) in [6, 6.07) is 5.14. The van der Waals surface area contributed by atoms with Crippen LogP contribution in [-0.4, -0.2) is 48.6 Å².